The number of hydrogen-bond acceptors (Lipinski definition) is 2. The Morgan fingerprint density at radius 1 is 1.64 bits per heavy atom. The van der Waals surface area contributed by atoms with E-state index < -0.39 is 0 Å². The van der Waals surface area contributed by atoms with Crippen molar-refractivity contribution in [3.63, 3.8) is 0 Å². The quantitative estimate of drug-likeness (QED) is 0.661. The lowest BCUT2D eigenvalue weighted by Crippen LogP contribution is -2.29. The molecular formula is C12H23NO. The summed E-state index contributed by atoms with van der Waals surface area (Å²) in [5.74, 6) is 0. The molecular weight excluding hydrogens is 174 g/mol. The highest BCUT2D eigenvalue weighted by molar-refractivity contribution is 4.89. The molecule has 0 amide bonds. The molecule has 0 saturated carbocycles. The molecule has 0 spiro atoms. The zero-order chi connectivity index (χ0) is 10.4. The summed E-state index contributed by atoms with van der Waals surface area (Å²) in [6.07, 6.45) is 6.44. The molecule has 0 bridgehead atoms. The number of rotatable bonds is 6. The van der Waals surface area contributed by atoms with Crippen LogP contribution >= 0.6 is 0 Å². The van der Waals surface area contributed by atoms with Crippen LogP contribution in [0.4, 0.5) is 0 Å². The summed E-state index contributed by atoms with van der Waals surface area (Å²) >= 11 is 0. The highest BCUT2D eigenvalue weighted by atomic mass is 16.5. The van der Waals surface area contributed by atoms with Gasteiger partial charge in [0.15, 0.2) is 0 Å². The molecule has 2 heteroatoms. The Balaban J connectivity index is 2.19. The van der Waals surface area contributed by atoms with Crippen LogP contribution in [0.1, 0.15) is 39.0 Å². The van der Waals surface area contributed by atoms with Gasteiger partial charge in [-0.15, -0.1) is 6.58 Å². The van der Waals surface area contributed by atoms with E-state index in [1.807, 2.05) is 7.05 Å². The summed E-state index contributed by atoms with van der Waals surface area (Å²) in [4.78, 5) is 0. The third-order valence-electron chi connectivity index (χ3n) is 2.90. The van der Waals surface area contributed by atoms with E-state index in [4.69, 9.17) is 4.74 Å². The molecule has 1 rings (SSSR count). The standard InChI is InChI=1S/C12H23NO/c1-10(2)6-7-11(13-3)9-12-5-4-8-14-12/h11-13H,1,4-9H2,2-3H3. The van der Waals surface area contributed by atoms with Gasteiger partial charge in [-0.2, -0.15) is 0 Å². The van der Waals surface area contributed by atoms with Crippen molar-refractivity contribution in [1.82, 2.24) is 5.32 Å². The Bertz CT molecular complexity index is 173. The highest BCUT2D eigenvalue weighted by Crippen LogP contribution is 2.19. The lowest BCUT2D eigenvalue weighted by molar-refractivity contribution is 0.0945. The fraction of sp³-hybridized carbons (Fsp3) is 0.833. The third-order valence-corrected chi connectivity index (χ3v) is 2.90. The van der Waals surface area contributed by atoms with Crippen molar-refractivity contribution >= 4 is 0 Å². The second kappa shape index (κ2) is 6.20. The van der Waals surface area contributed by atoms with Gasteiger partial charge in [-0.3, -0.25) is 0 Å². The first-order chi connectivity index (χ1) is 6.72. The van der Waals surface area contributed by atoms with Gasteiger partial charge in [0.25, 0.3) is 0 Å². The molecule has 0 radical (unpaired) electrons. The molecule has 0 aromatic rings. The second-order valence-corrected chi connectivity index (χ2v) is 4.35. The van der Waals surface area contributed by atoms with Crippen LogP contribution in [0.2, 0.25) is 0 Å². The van der Waals surface area contributed by atoms with Gasteiger partial charge in [-0.1, -0.05) is 5.57 Å². The van der Waals surface area contributed by atoms with Crippen molar-refractivity contribution in [1.29, 1.82) is 0 Å². The first-order valence-corrected chi connectivity index (χ1v) is 5.65. The lowest BCUT2D eigenvalue weighted by atomic mass is 10.0. The van der Waals surface area contributed by atoms with Crippen LogP contribution in [0, 0.1) is 0 Å². The van der Waals surface area contributed by atoms with Crippen LogP contribution in [0.5, 0.6) is 0 Å². The smallest absolute Gasteiger partial charge is 0.0590 e. The maximum absolute atomic E-state index is 5.63. The second-order valence-electron chi connectivity index (χ2n) is 4.35. The maximum atomic E-state index is 5.63. The van der Waals surface area contributed by atoms with Gasteiger partial charge in [-0.25, -0.2) is 0 Å². The van der Waals surface area contributed by atoms with Crippen LogP contribution in [-0.2, 0) is 4.74 Å². The van der Waals surface area contributed by atoms with E-state index in [0.717, 1.165) is 19.4 Å². The normalized spacial score (nSPS) is 23.7. The summed E-state index contributed by atoms with van der Waals surface area (Å²) in [5.41, 5.74) is 1.28. The molecule has 1 N–H and O–H groups in total. The number of allylic oxidation sites excluding steroid dienone is 1. The first kappa shape index (κ1) is 11.7. The highest BCUT2D eigenvalue weighted by Gasteiger charge is 2.19. The molecule has 1 fully saturated rings. The topological polar surface area (TPSA) is 21.3 Å². The van der Waals surface area contributed by atoms with Gasteiger partial charge < -0.3 is 10.1 Å². The van der Waals surface area contributed by atoms with Gasteiger partial charge in [0.05, 0.1) is 6.10 Å². The lowest BCUT2D eigenvalue weighted by Gasteiger charge is -2.19. The number of nitrogens with one attached hydrogen (secondary N) is 1. The van der Waals surface area contributed by atoms with Gasteiger partial charge in [0, 0.05) is 12.6 Å². The Morgan fingerprint density at radius 2 is 2.43 bits per heavy atom. The van der Waals surface area contributed by atoms with Crippen molar-refractivity contribution in [2.75, 3.05) is 13.7 Å². The van der Waals surface area contributed by atoms with Crippen molar-refractivity contribution < 1.29 is 4.74 Å². The Morgan fingerprint density at radius 3 is 2.93 bits per heavy atom. The molecule has 0 aliphatic carbocycles. The molecule has 1 heterocycles. The fourth-order valence-corrected chi connectivity index (χ4v) is 1.95. The zero-order valence-corrected chi connectivity index (χ0v) is 9.51. The molecule has 1 aliphatic rings. The zero-order valence-electron chi connectivity index (χ0n) is 9.51. The molecule has 82 valence electrons. The molecule has 14 heavy (non-hydrogen) atoms. The van der Waals surface area contributed by atoms with E-state index in [2.05, 4.69) is 18.8 Å². The fourth-order valence-electron chi connectivity index (χ4n) is 1.95. The van der Waals surface area contributed by atoms with E-state index in [0.29, 0.717) is 12.1 Å². The molecule has 2 nitrogen and oxygen atoms in total. The Kier molecular flexibility index (Phi) is 5.20. The van der Waals surface area contributed by atoms with Crippen molar-refractivity contribution in [3.8, 4) is 0 Å². The average Bonchev–Trinajstić information content (AvgIpc) is 2.64. The minimum absolute atomic E-state index is 0.498. The van der Waals surface area contributed by atoms with Crippen LogP contribution < -0.4 is 5.32 Å². The van der Waals surface area contributed by atoms with Crippen molar-refractivity contribution in [2.45, 2.75) is 51.2 Å². The summed E-state index contributed by atoms with van der Waals surface area (Å²) in [5, 5.41) is 3.36. The summed E-state index contributed by atoms with van der Waals surface area (Å²) in [6.45, 7) is 6.99. The van der Waals surface area contributed by atoms with Crippen LogP contribution in [0.15, 0.2) is 12.2 Å². The Labute approximate surface area is 87.7 Å². The monoisotopic (exact) mass is 197 g/mol. The SMILES string of the molecule is C=C(C)CCC(CC1CCCO1)NC. The molecule has 1 aliphatic heterocycles. The van der Waals surface area contributed by atoms with Gasteiger partial charge in [0.1, 0.15) is 0 Å². The maximum Gasteiger partial charge on any atom is 0.0590 e. The summed E-state index contributed by atoms with van der Waals surface area (Å²) < 4.78 is 5.63. The minimum atomic E-state index is 0.498. The van der Waals surface area contributed by atoms with Crippen LogP contribution in [-0.4, -0.2) is 25.8 Å². The molecule has 0 aromatic carbocycles. The Hall–Kier alpha value is -0.340. The van der Waals surface area contributed by atoms with E-state index in [1.165, 1.54) is 24.8 Å². The van der Waals surface area contributed by atoms with Gasteiger partial charge in [0.2, 0.25) is 0 Å². The predicted octanol–water partition coefficient (Wildman–Crippen LogP) is 2.50. The van der Waals surface area contributed by atoms with Gasteiger partial charge >= 0.3 is 0 Å². The average molecular weight is 197 g/mol. The van der Waals surface area contributed by atoms with E-state index in [9.17, 15) is 0 Å². The summed E-state index contributed by atoms with van der Waals surface area (Å²) in [7, 11) is 2.04. The minimum Gasteiger partial charge on any atom is -0.378 e. The molecule has 2 unspecified atom stereocenters. The predicted molar refractivity (Wildman–Crippen MR) is 60.5 cm³/mol. The van der Waals surface area contributed by atoms with Crippen molar-refractivity contribution in [3.05, 3.63) is 12.2 Å². The van der Waals surface area contributed by atoms with E-state index >= 15 is 0 Å². The molecule has 1 saturated heterocycles. The van der Waals surface area contributed by atoms with Crippen LogP contribution in [0.3, 0.4) is 0 Å². The van der Waals surface area contributed by atoms with E-state index in [1.54, 1.807) is 0 Å². The summed E-state index contributed by atoms with van der Waals surface area (Å²) in [6, 6.07) is 0.592. The number of ether oxygens (including phenoxy) is 1. The first-order valence-electron chi connectivity index (χ1n) is 5.65. The van der Waals surface area contributed by atoms with Gasteiger partial charge in [-0.05, 0) is 46.1 Å². The largest absolute Gasteiger partial charge is 0.378 e. The molecule has 2 atom stereocenters. The van der Waals surface area contributed by atoms with Crippen LogP contribution in [0.25, 0.3) is 0 Å². The van der Waals surface area contributed by atoms with Crippen molar-refractivity contribution in [2.24, 2.45) is 0 Å². The third kappa shape index (κ3) is 4.25. The van der Waals surface area contributed by atoms with E-state index in [-0.39, 0.29) is 0 Å². The molecule has 0 aromatic heterocycles. The number of hydrogen-bond donors (Lipinski definition) is 1.